The molecule has 2 aliphatic rings. The molecule has 0 bridgehead atoms. The van der Waals surface area contributed by atoms with Gasteiger partial charge in [0.15, 0.2) is 12.2 Å². The van der Waals surface area contributed by atoms with E-state index in [-0.39, 0.29) is 11.8 Å². The fraction of sp³-hybridized carbons (Fsp3) is 0.833. The Morgan fingerprint density at radius 1 is 0.778 bits per heavy atom. The van der Waals surface area contributed by atoms with Crippen molar-refractivity contribution in [3.8, 4) is 0 Å². The molecule has 18 heavy (non-hydrogen) atoms. The molecule has 0 aromatic heterocycles. The minimum Gasteiger partial charge on any atom is -0.433 e. The van der Waals surface area contributed by atoms with Crippen LogP contribution < -0.4 is 0 Å². The summed E-state index contributed by atoms with van der Waals surface area (Å²) in [5.74, 6) is -1.09. The first-order chi connectivity index (χ1) is 8.40. The summed E-state index contributed by atoms with van der Waals surface area (Å²) in [5.41, 5.74) is 0. The summed E-state index contributed by atoms with van der Waals surface area (Å²) in [6, 6.07) is 0. The second kappa shape index (κ2) is 4.85. The molecule has 102 valence electrons. The zero-order chi connectivity index (χ0) is 13.4. The highest BCUT2D eigenvalue weighted by Crippen LogP contribution is 2.29. The SMILES string of the molecule is CC(C)[C@H]1OC(=O)[C@@H]([C@H]2O[C@@H](C(C)C)OC2=O)O1. The molecule has 2 saturated heterocycles. The zero-order valence-electron chi connectivity index (χ0n) is 10.9. The van der Waals surface area contributed by atoms with Crippen molar-refractivity contribution in [1.82, 2.24) is 0 Å². The van der Waals surface area contributed by atoms with E-state index in [9.17, 15) is 9.59 Å². The third-order valence-corrected chi connectivity index (χ3v) is 2.85. The van der Waals surface area contributed by atoms with Gasteiger partial charge < -0.3 is 18.9 Å². The third kappa shape index (κ3) is 2.35. The molecule has 6 heteroatoms. The van der Waals surface area contributed by atoms with Crippen molar-refractivity contribution < 1.29 is 28.5 Å². The molecule has 0 aliphatic carbocycles. The Balaban J connectivity index is 2.04. The van der Waals surface area contributed by atoms with Crippen LogP contribution in [0.5, 0.6) is 0 Å². The molecule has 0 unspecified atom stereocenters. The van der Waals surface area contributed by atoms with E-state index in [1.54, 1.807) is 0 Å². The van der Waals surface area contributed by atoms with Crippen LogP contribution in [0.15, 0.2) is 0 Å². The highest BCUT2D eigenvalue weighted by molar-refractivity contribution is 5.87. The highest BCUT2D eigenvalue weighted by atomic mass is 16.8. The molecule has 0 amide bonds. The van der Waals surface area contributed by atoms with Gasteiger partial charge in [-0.1, -0.05) is 27.7 Å². The topological polar surface area (TPSA) is 71.1 Å². The molecular formula is C12H18O6. The van der Waals surface area contributed by atoms with Crippen LogP contribution in [0.3, 0.4) is 0 Å². The van der Waals surface area contributed by atoms with E-state index >= 15 is 0 Å². The van der Waals surface area contributed by atoms with Crippen LogP contribution in [0.2, 0.25) is 0 Å². The molecule has 0 radical (unpaired) electrons. The summed E-state index contributed by atoms with van der Waals surface area (Å²) in [7, 11) is 0. The van der Waals surface area contributed by atoms with Gasteiger partial charge in [-0.05, 0) is 0 Å². The maximum atomic E-state index is 11.7. The number of cyclic esters (lactones) is 2. The van der Waals surface area contributed by atoms with E-state index in [1.165, 1.54) is 0 Å². The van der Waals surface area contributed by atoms with Crippen molar-refractivity contribution in [2.45, 2.75) is 52.5 Å². The van der Waals surface area contributed by atoms with E-state index in [0.717, 1.165) is 0 Å². The second-order valence-electron chi connectivity index (χ2n) is 5.21. The van der Waals surface area contributed by atoms with Crippen molar-refractivity contribution in [2.24, 2.45) is 11.8 Å². The Morgan fingerprint density at radius 3 is 1.33 bits per heavy atom. The maximum Gasteiger partial charge on any atom is 0.341 e. The van der Waals surface area contributed by atoms with E-state index in [4.69, 9.17) is 18.9 Å². The quantitative estimate of drug-likeness (QED) is 0.698. The fourth-order valence-electron chi connectivity index (χ4n) is 1.80. The van der Waals surface area contributed by atoms with E-state index in [0.29, 0.717) is 0 Å². The normalized spacial score (nSPS) is 36.3. The lowest BCUT2D eigenvalue weighted by Crippen LogP contribution is -2.37. The number of carbonyl (C=O) groups is 2. The Morgan fingerprint density at radius 2 is 1.11 bits per heavy atom. The van der Waals surface area contributed by atoms with Crippen LogP contribution in [0, 0.1) is 11.8 Å². The van der Waals surface area contributed by atoms with Crippen LogP contribution in [-0.2, 0) is 28.5 Å². The standard InChI is InChI=1S/C12H18O6/c1-5(2)11-15-7(9(13)17-11)8-10(14)18-12(16-8)6(3)4/h5-8,11-12H,1-4H3/t7-,8-,11-,12-/m1/s1. The average molecular weight is 258 g/mol. The minimum absolute atomic E-state index is 0.0252. The first-order valence-electron chi connectivity index (χ1n) is 6.12. The Kier molecular flexibility index (Phi) is 3.59. The number of hydrogen-bond acceptors (Lipinski definition) is 6. The van der Waals surface area contributed by atoms with Gasteiger partial charge in [0.25, 0.3) is 0 Å². The lowest BCUT2D eigenvalue weighted by molar-refractivity contribution is -0.148. The molecule has 6 nitrogen and oxygen atoms in total. The van der Waals surface area contributed by atoms with Crippen molar-refractivity contribution >= 4 is 11.9 Å². The summed E-state index contributed by atoms with van der Waals surface area (Å²) >= 11 is 0. The summed E-state index contributed by atoms with van der Waals surface area (Å²) in [6.07, 6.45) is -3.30. The van der Waals surface area contributed by atoms with Gasteiger partial charge >= 0.3 is 11.9 Å². The predicted octanol–water partition coefficient (Wildman–Crippen LogP) is 0.835. The van der Waals surface area contributed by atoms with E-state index in [1.807, 2.05) is 27.7 Å². The minimum atomic E-state index is -1.02. The van der Waals surface area contributed by atoms with Gasteiger partial charge in [0, 0.05) is 11.8 Å². The summed E-state index contributed by atoms with van der Waals surface area (Å²) in [5, 5.41) is 0. The first kappa shape index (κ1) is 13.3. The number of rotatable bonds is 3. The number of carbonyl (C=O) groups excluding carboxylic acids is 2. The third-order valence-electron chi connectivity index (χ3n) is 2.85. The van der Waals surface area contributed by atoms with E-state index in [2.05, 4.69) is 0 Å². The van der Waals surface area contributed by atoms with Gasteiger partial charge in [-0.2, -0.15) is 0 Å². The van der Waals surface area contributed by atoms with Crippen molar-refractivity contribution in [1.29, 1.82) is 0 Å². The van der Waals surface area contributed by atoms with E-state index < -0.39 is 36.7 Å². The fourth-order valence-corrected chi connectivity index (χ4v) is 1.80. The maximum absolute atomic E-state index is 11.7. The molecule has 0 saturated carbocycles. The molecule has 0 aromatic carbocycles. The molecular weight excluding hydrogens is 240 g/mol. The second-order valence-corrected chi connectivity index (χ2v) is 5.21. The molecule has 0 spiro atoms. The Bertz CT molecular complexity index is 316. The van der Waals surface area contributed by atoms with Gasteiger partial charge in [-0.15, -0.1) is 0 Å². The zero-order valence-corrected chi connectivity index (χ0v) is 10.9. The van der Waals surface area contributed by atoms with Crippen molar-refractivity contribution in [2.75, 3.05) is 0 Å². The molecule has 0 aromatic rings. The molecule has 2 aliphatic heterocycles. The van der Waals surface area contributed by atoms with Gasteiger partial charge in [0.05, 0.1) is 0 Å². The van der Waals surface area contributed by atoms with Crippen LogP contribution >= 0.6 is 0 Å². The monoisotopic (exact) mass is 258 g/mol. The molecule has 2 fully saturated rings. The number of ether oxygens (including phenoxy) is 4. The highest BCUT2D eigenvalue weighted by Gasteiger charge is 2.51. The molecule has 2 heterocycles. The van der Waals surface area contributed by atoms with Gasteiger partial charge in [0.1, 0.15) is 0 Å². The van der Waals surface area contributed by atoms with Gasteiger partial charge in [0.2, 0.25) is 12.6 Å². The van der Waals surface area contributed by atoms with Crippen LogP contribution in [0.1, 0.15) is 27.7 Å². The van der Waals surface area contributed by atoms with Crippen LogP contribution in [-0.4, -0.2) is 36.7 Å². The smallest absolute Gasteiger partial charge is 0.341 e. The Hall–Kier alpha value is -1.14. The summed E-state index contributed by atoms with van der Waals surface area (Å²) < 4.78 is 20.9. The number of esters is 2. The van der Waals surface area contributed by atoms with Crippen molar-refractivity contribution in [3.05, 3.63) is 0 Å². The van der Waals surface area contributed by atoms with Crippen molar-refractivity contribution in [3.63, 3.8) is 0 Å². The van der Waals surface area contributed by atoms with Crippen LogP contribution in [0.25, 0.3) is 0 Å². The van der Waals surface area contributed by atoms with Gasteiger partial charge in [-0.3, -0.25) is 0 Å². The van der Waals surface area contributed by atoms with Gasteiger partial charge in [-0.25, -0.2) is 9.59 Å². The molecule has 2 rings (SSSR count). The average Bonchev–Trinajstić information content (AvgIpc) is 2.82. The summed E-state index contributed by atoms with van der Waals surface area (Å²) in [6.45, 7) is 7.46. The summed E-state index contributed by atoms with van der Waals surface area (Å²) in [4.78, 5) is 23.3. The Labute approximate surface area is 106 Å². The first-order valence-corrected chi connectivity index (χ1v) is 6.12. The lowest BCUT2D eigenvalue weighted by Gasteiger charge is -2.15. The van der Waals surface area contributed by atoms with Crippen LogP contribution in [0.4, 0.5) is 0 Å². The number of hydrogen-bond donors (Lipinski definition) is 0. The molecule has 4 atom stereocenters. The molecule has 0 N–H and O–H groups in total. The largest absolute Gasteiger partial charge is 0.433 e. The lowest BCUT2D eigenvalue weighted by atomic mass is 10.2. The predicted molar refractivity (Wildman–Crippen MR) is 59.2 cm³/mol.